The number of amides is 1. The molecule has 0 aliphatic carbocycles. The minimum absolute atomic E-state index is 0.292. The molecule has 1 aromatic heterocycles. The summed E-state index contributed by atoms with van der Waals surface area (Å²) in [4.78, 5) is 26.2. The van der Waals surface area contributed by atoms with Gasteiger partial charge < -0.3 is 24.0 Å². The molecule has 3 aliphatic rings. The standard InChI is InChI=1S/C20H31N3O3.C2HF3O2/c24-20(22-6-10-26-11-7-22)12-18-14-21(13-17-3-8-25-9-4-17)16-19-2-1-5-23(19)15-18;3-2(4,5)1(6)7/h1-2,5,17-18H,3-4,6-16H2;(H,6,7). The summed E-state index contributed by atoms with van der Waals surface area (Å²) in [6.45, 7) is 8.70. The second kappa shape index (κ2) is 11.8. The van der Waals surface area contributed by atoms with Gasteiger partial charge in [0, 0.05) is 70.8 Å². The summed E-state index contributed by atoms with van der Waals surface area (Å²) < 4.78 is 45.0. The lowest BCUT2D eigenvalue weighted by atomic mass is 9.98. The number of rotatable bonds is 4. The summed E-state index contributed by atoms with van der Waals surface area (Å²) in [5.41, 5.74) is 1.37. The fraction of sp³-hybridized carbons (Fsp3) is 0.727. The van der Waals surface area contributed by atoms with Crippen LogP contribution in [0.25, 0.3) is 0 Å². The summed E-state index contributed by atoms with van der Waals surface area (Å²) in [6.07, 6.45) is 0.0468. The van der Waals surface area contributed by atoms with Crippen LogP contribution in [0.2, 0.25) is 0 Å². The Bertz CT molecular complexity index is 774. The molecule has 4 rings (SSSR count). The molecular formula is C22H32F3N3O5. The maximum Gasteiger partial charge on any atom is 0.490 e. The average molecular weight is 476 g/mol. The third kappa shape index (κ3) is 8.01. The molecule has 0 aromatic carbocycles. The van der Waals surface area contributed by atoms with Crippen LogP contribution in [-0.4, -0.2) is 90.1 Å². The zero-order valence-corrected chi connectivity index (χ0v) is 18.6. The van der Waals surface area contributed by atoms with E-state index in [1.807, 2.05) is 4.90 Å². The van der Waals surface area contributed by atoms with E-state index in [1.54, 1.807) is 0 Å². The molecule has 4 heterocycles. The van der Waals surface area contributed by atoms with Gasteiger partial charge in [0.2, 0.25) is 5.91 Å². The summed E-state index contributed by atoms with van der Waals surface area (Å²) in [5.74, 6) is -1.37. The molecule has 0 saturated carbocycles. The fourth-order valence-corrected chi connectivity index (χ4v) is 4.52. The molecule has 0 bridgehead atoms. The van der Waals surface area contributed by atoms with Crippen LogP contribution in [0.5, 0.6) is 0 Å². The van der Waals surface area contributed by atoms with E-state index in [0.29, 0.717) is 31.5 Å². The molecule has 0 radical (unpaired) electrons. The van der Waals surface area contributed by atoms with Crippen molar-refractivity contribution in [2.24, 2.45) is 11.8 Å². The van der Waals surface area contributed by atoms with Crippen molar-refractivity contribution >= 4 is 11.9 Å². The Labute approximate surface area is 191 Å². The lowest BCUT2D eigenvalue weighted by molar-refractivity contribution is -0.192. The molecule has 33 heavy (non-hydrogen) atoms. The van der Waals surface area contributed by atoms with Gasteiger partial charge in [-0.2, -0.15) is 13.2 Å². The van der Waals surface area contributed by atoms with E-state index >= 15 is 0 Å². The Balaban J connectivity index is 0.000000383. The van der Waals surface area contributed by atoms with Crippen LogP contribution in [0, 0.1) is 11.8 Å². The molecule has 1 atom stereocenters. The molecule has 3 aliphatic heterocycles. The molecule has 2 saturated heterocycles. The van der Waals surface area contributed by atoms with Crippen molar-refractivity contribution in [2.75, 3.05) is 52.6 Å². The Hall–Kier alpha value is -2.11. The van der Waals surface area contributed by atoms with E-state index in [9.17, 15) is 18.0 Å². The van der Waals surface area contributed by atoms with Crippen molar-refractivity contribution < 1.29 is 37.3 Å². The number of carboxylic acids is 1. The highest BCUT2D eigenvalue weighted by molar-refractivity contribution is 5.76. The molecular weight excluding hydrogens is 443 g/mol. The van der Waals surface area contributed by atoms with Crippen LogP contribution in [0.1, 0.15) is 25.0 Å². The van der Waals surface area contributed by atoms with E-state index in [4.69, 9.17) is 19.4 Å². The van der Waals surface area contributed by atoms with E-state index in [-0.39, 0.29) is 0 Å². The molecule has 1 aromatic rings. The van der Waals surface area contributed by atoms with E-state index in [2.05, 4.69) is 27.8 Å². The Morgan fingerprint density at radius 2 is 1.67 bits per heavy atom. The van der Waals surface area contributed by atoms with Crippen molar-refractivity contribution in [1.29, 1.82) is 0 Å². The largest absolute Gasteiger partial charge is 0.490 e. The van der Waals surface area contributed by atoms with Crippen molar-refractivity contribution in [2.45, 2.75) is 38.5 Å². The van der Waals surface area contributed by atoms with Crippen molar-refractivity contribution in [3.8, 4) is 0 Å². The van der Waals surface area contributed by atoms with Gasteiger partial charge in [0.15, 0.2) is 0 Å². The second-order valence-electron chi connectivity index (χ2n) is 8.77. The topological polar surface area (TPSA) is 84.2 Å². The van der Waals surface area contributed by atoms with E-state index < -0.39 is 12.1 Å². The zero-order chi connectivity index (χ0) is 23.8. The van der Waals surface area contributed by atoms with Gasteiger partial charge >= 0.3 is 12.1 Å². The van der Waals surface area contributed by atoms with Gasteiger partial charge in [-0.1, -0.05) is 0 Å². The van der Waals surface area contributed by atoms with Gasteiger partial charge in [-0.3, -0.25) is 9.69 Å². The molecule has 186 valence electrons. The third-order valence-electron chi connectivity index (χ3n) is 6.21. The lowest BCUT2D eigenvalue weighted by Crippen LogP contribution is -2.42. The average Bonchev–Trinajstić information content (AvgIpc) is 3.14. The van der Waals surface area contributed by atoms with Gasteiger partial charge in [-0.25, -0.2) is 4.79 Å². The number of carbonyl (C=O) groups is 2. The van der Waals surface area contributed by atoms with Crippen LogP contribution in [-0.2, 0) is 32.2 Å². The zero-order valence-electron chi connectivity index (χ0n) is 18.6. The number of aliphatic carboxylic acids is 1. The molecule has 1 N–H and O–H groups in total. The first-order chi connectivity index (χ1) is 15.7. The number of alkyl halides is 3. The molecule has 8 nitrogen and oxygen atoms in total. The number of carboxylic acid groups (broad SMARTS) is 1. The van der Waals surface area contributed by atoms with Crippen molar-refractivity contribution in [3.63, 3.8) is 0 Å². The Morgan fingerprint density at radius 1 is 1.03 bits per heavy atom. The quantitative estimate of drug-likeness (QED) is 0.719. The third-order valence-corrected chi connectivity index (χ3v) is 6.21. The van der Waals surface area contributed by atoms with Gasteiger partial charge in [0.05, 0.1) is 13.2 Å². The van der Waals surface area contributed by atoms with Crippen LogP contribution < -0.4 is 0 Å². The number of hydrogen-bond acceptors (Lipinski definition) is 5. The molecule has 1 amide bonds. The van der Waals surface area contributed by atoms with Gasteiger partial charge in [0.25, 0.3) is 0 Å². The Kier molecular flexibility index (Phi) is 9.16. The first-order valence-corrected chi connectivity index (χ1v) is 11.3. The molecule has 11 heteroatoms. The summed E-state index contributed by atoms with van der Waals surface area (Å²) in [7, 11) is 0. The van der Waals surface area contributed by atoms with Gasteiger partial charge in [-0.05, 0) is 36.8 Å². The summed E-state index contributed by atoms with van der Waals surface area (Å²) >= 11 is 0. The van der Waals surface area contributed by atoms with Crippen molar-refractivity contribution in [1.82, 2.24) is 14.4 Å². The first kappa shape index (κ1) is 25.5. The number of nitrogens with zero attached hydrogens (tertiary/aromatic N) is 3. The maximum absolute atomic E-state index is 12.8. The smallest absolute Gasteiger partial charge is 0.475 e. The number of morpholine rings is 1. The van der Waals surface area contributed by atoms with E-state index in [1.165, 1.54) is 5.69 Å². The fourth-order valence-electron chi connectivity index (χ4n) is 4.52. The van der Waals surface area contributed by atoms with Crippen LogP contribution in [0.15, 0.2) is 18.3 Å². The number of ether oxygens (including phenoxy) is 2. The predicted octanol–water partition coefficient (Wildman–Crippen LogP) is 2.23. The van der Waals surface area contributed by atoms with Crippen LogP contribution >= 0.6 is 0 Å². The normalized spacial score (nSPS) is 22.6. The SMILES string of the molecule is O=C(CC1CN(CC2CCOCC2)Cc2cccn2C1)N1CCOCC1.O=C(O)C(F)(F)F. The van der Waals surface area contributed by atoms with Crippen LogP contribution in [0.4, 0.5) is 13.2 Å². The lowest BCUT2D eigenvalue weighted by Gasteiger charge is -2.31. The van der Waals surface area contributed by atoms with Gasteiger partial charge in [0.1, 0.15) is 0 Å². The molecule has 0 spiro atoms. The second-order valence-corrected chi connectivity index (χ2v) is 8.77. The first-order valence-electron chi connectivity index (χ1n) is 11.3. The predicted molar refractivity (Wildman–Crippen MR) is 112 cm³/mol. The monoisotopic (exact) mass is 475 g/mol. The molecule has 1 unspecified atom stereocenters. The molecule has 2 fully saturated rings. The number of fused-ring (bicyclic) bond motifs is 1. The van der Waals surface area contributed by atoms with Crippen LogP contribution in [0.3, 0.4) is 0 Å². The minimum Gasteiger partial charge on any atom is -0.475 e. The Morgan fingerprint density at radius 3 is 2.30 bits per heavy atom. The highest BCUT2D eigenvalue weighted by Crippen LogP contribution is 2.24. The maximum atomic E-state index is 12.8. The summed E-state index contributed by atoms with van der Waals surface area (Å²) in [6, 6.07) is 4.36. The minimum atomic E-state index is -5.08. The highest BCUT2D eigenvalue weighted by atomic mass is 19.4. The highest BCUT2D eigenvalue weighted by Gasteiger charge is 2.38. The summed E-state index contributed by atoms with van der Waals surface area (Å²) in [5, 5.41) is 7.12. The van der Waals surface area contributed by atoms with Crippen molar-refractivity contribution in [3.05, 3.63) is 24.0 Å². The number of halogens is 3. The van der Waals surface area contributed by atoms with E-state index in [0.717, 1.165) is 71.2 Å². The van der Waals surface area contributed by atoms with Gasteiger partial charge in [-0.15, -0.1) is 0 Å². The number of carbonyl (C=O) groups excluding carboxylic acids is 1. The number of aromatic nitrogens is 1. The number of hydrogen-bond donors (Lipinski definition) is 1.